The van der Waals surface area contributed by atoms with Crippen LogP contribution in [0.5, 0.6) is 5.75 Å². The number of methoxy groups -OCH3 is 1. The first-order chi connectivity index (χ1) is 11.2. The first kappa shape index (κ1) is 15.1. The minimum absolute atomic E-state index is 0.225. The number of benzene rings is 2. The number of halogens is 1. The third kappa shape index (κ3) is 3.35. The van der Waals surface area contributed by atoms with Gasteiger partial charge in [0.15, 0.2) is 0 Å². The Hall–Kier alpha value is -2.79. The highest BCUT2D eigenvalue weighted by Gasteiger charge is 2.11. The lowest BCUT2D eigenvalue weighted by Crippen LogP contribution is -2.13. The molecule has 5 nitrogen and oxygen atoms in total. The second-order valence-electron chi connectivity index (χ2n) is 4.80. The van der Waals surface area contributed by atoms with Crippen LogP contribution >= 0.6 is 11.6 Å². The van der Waals surface area contributed by atoms with E-state index in [1.165, 1.54) is 7.11 Å². The van der Waals surface area contributed by atoms with Gasteiger partial charge in [0.05, 0.1) is 29.6 Å². The van der Waals surface area contributed by atoms with Crippen molar-refractivity contribution in [3.05, 3.63) is 71.5 Å². The van der Waals surface area contributed by atoms with Crippen LogP contribution < -0.4 is 10.1 Å². The molecule has 0 atom stereocenters. The average molecular weight is 328 g/mol. The largest absolute Gasteiger partial charge is 0.496 e. The molecule has 1 heterocycles. The van der Waals surface area contributed by atoms with E-state index in [0.29, 0.717) is 22.0 Å². The minimum atomic E-state index is -0.225. The number of rotatable bonds is 4. The molecule has 1 aromatic heterocycles. The summed E-state index contributed by atoms with van der Waals surface area (Å²) in [5.41, 5.74) is 2.02. The van der Waals surface area contributed by atoms with E-state index in [1.807, 2.05) is 18.2 Å². The number of amides is 1. The van der Waals surface area contributed by atoms with Gasteiger partial charge in [-0.1, -0.05) is 23.7 Å². The molecule has 0 saturated heterocycles. The van der Waals surface area contributed by atoms with E-state index >= 15 is 0 Å². The first-order valence-electron chi connectivity index (χ1n) is 6.92. The normalized spacial score (nSPS) is 10.3. The van der Waals surface area contributed by atoms with Crippen LogP contribution in [0.1, 0.15) is 10.4 Å². The van der Waals surface area contributed by atoms with Crippen molar-refractivity contribution >= 4 is 23.2 Å². The van der Waals surface area contributed by atoms with E-state index in [2.05, 4.69) is 10.4 Å². The monoisotopic (exact) mass is 327 g/mol. The number of hydrogen-bond acceptors (Lipinski definition) is 3. The number of anilines is 1. The quantitative estimate of drug-likeness (QED) is 0.793. The van der Waals surface area contributed by atoms with Crippen molar-refractivity contribution < 1.29 is 9.53 Å². The van der Waals surface area contributed by atoms with Crippen molar-refractivity contribution in [1.29, 1.82) is 0 Å². The van der Waals surface area contributed by atoms with Gasteiger partial charge in [0.2, 0.25) is 0 Å². The van der Waals surface area contributed by atoms with E-state index in [-0.39, 0.29) is 5.91 Å². The lowest BCUT2D eigenvalue weighted by molar-refractivity contribution is 0.102. The third-order valence-corrected chi connectivity index (χ3v) is 3.49. The van der Waals surface area contributed by atoms with Crippen LogP contribution in [0.2, 0.25) is 5.02 Å². The molecule has 0 aliphatic carbocycles. The van der Waals surface area contributed by atoms with Crippen molar-refractivity contribution in [3.8, 4) is 11.4 Å². The van der Waals surface area contributed by atoms with Gasteiger partial charge in [0.25, 0.3) is 5.91 Å². The average Bonchev–Trinajstić information content (AvgIpc) is 3.02. The maximum atomic E-state index is 12.3. The van der Waals surface area contributed by atoms with Crippen molar-refractivity contribution in [1.82, 2.24) is 9.78 Å². The van der Waals surface area contributed by atoms with E-state index in [9.17, 15) is 4.79 Å². The molecule has 0 aliphatic rings. The van der Waals surface area contributed by atoms with Crippen molar-refractivity contribution in [2.24, 2.45) is 0 Å². The summed E-state index contributed by atoms with van der Waals surface area (Å²) >= 11 is 5.85. The molecule has 0 bridgehead atoms. The number of para-hydroxylation sites is 1. The molecule has 3 rings (SSSR count). The second-order valence-corrected chi connectivity index (χ2v) is 5.24. The van der Waals surface area contributed by atoms with Gasteiger partial charge in [-0.25, -0.2) is 4.68 Å². The number of nitrogens with one attached hydrogen (secondary N) is 1. The fraction of sp³-hybridized carbons (Fsp3) is 0.0588. The summed E-state index contributed by atoms with van der Waals surface area (Å²) in [6.07, 6.45) is 3.28. The summed E-state index contributed by atoms with van der Waals surface area (Å²) in [5, 5.41) is 7.54. The van der Waals surface area contributed by atoms with Crippen LogP contribution in [0.4, 0.5) is 5.69 Å². The number of hydrogen-bond donors (Lipinski definition) is 1. The fourth-order valence-corrected chi connectivity index (χ4v) is 2.31. The molecular weight excluding hydrogens is 314 g/mol. The summed E-state index contributed by atoms with van der Waals surface area (Å²) in [4.78, 5) is 12.3. The molecule has 2 aromatic carbocycles. The highest BCUT2D eigenvalue weighted by atomic mass is 35.5. The van der Waals surface area contributed by atoms with E-state index < -0.39 is 0 Å². The zero-order valence-corrected chi connectivity index (χ0v) is 13.1. The maximum absolute atomic E-state index is 12.3. The van der Waals surface area contributed by atoms with Crippen molar-refractivity contribution in [2.45, 2.75) is 0 Å². The number of aromatic nitrogens is 2. The standard InChI is InChI=1S/C17H14ClN3O2/c1-23-16-5-3-2-4-15(16)17(22)20-13-6-8-14(9-7-13)21-11-12(18)10-19-21/h2-11H,1H3,(H,20,22). The number of ether oxygens (including phenoxy) is 1. The Bertz CT molecular complexity index is 828. The molecule has 0 saturated carbocycles. The molecule has 1 amide bonds. The molecule has 23 heavy (non-hydrogen) atoms. The Labute approximate surface area is 138 Å². The van der Waals surface area contributed by atoms with Gasteiger partial charge in [-0.3, -0.25) is 4.79 Å². The van der Waals surface area contributed by atoms with Crippen LogP contribution in [0.3, 0.4) is 0 Å². The molecule has 116 valence electrons. The summed E-state index contributed by atoms with van der Waals surface area (Å²) in [6.45, 7) is 0. The van der Waals surface area contributed by atoms with Gasteiger partial charge in [-0.2, -0.15) is 5.10 Å². The maximum Gasteiger partial charge on any atom is 0.259 e. The molecule has 0 spiro atoms. The van der Waals surface area contributed by atoms with Gasteiger partial charge in [-0.15, -0.1) is 0 Å². The zero-order valence-electron chi connectivity index (χ0n) is 12.4. The predicted octanol–water partition coefficient (Wildman–Crippen LogP) is 3.79. The van der Waals surface area contributed by atoms with Crippen LogP contribution in [0, 0.1) is 0 Å². The Morgan fingerprint density at radius 1 is 1.17 bits per heavy atom. The van der Waals surface area contributed by atoms with Crippen molar-refractivity contribution in [2.75, 3.05) is 12.4 Å². The topological polar surface area (TPSA) is 56.1 Å². The van der Waals surface area contributed by atoms with E-state index in [1.54, 1.807) is 47.4 Å². The molecule has 0 unspecified atom stereocenters. The molecular formula is C17H14ClN3O2. The Balaban J connectivity index is 1.77. The third-order valence-electron chi connectivity index (χ3n) is 3.29. The molecule has 3 aromatic rings. The molecule has 0 fully saturated rings. The lowest BCUT2D eigenvalue weighted by atomic mass is 10.2. The highest BCUT2D eigenvalue weighted by molar-refractivity contribution is 6.30. The first-order valence-corrected chi connectivity index (χ1v) is 7.30. The van der Waals surface area contributed by atoms with Gasteiger partial charge >= 0.3 is 0 Å². The Morgan fingerprint density at radius 2 is 1.91 bits per heavy atom. The van der Waals surface area contributed by atoms with Crippen LogP contribution in [-0.4, -0.2) is 22.8 Å². The van der Waals surface area contributed by atoms with Crippen LogP contribution in [-0.2, 0) is 0 Å². The summed E-state index contributed by atoms with van der Waals surface area (Å²) < 4.78 is 6.86. The zero-order chi connectivity index (χ0) is 16.2. The Kier molecular flexibility index (Phi) is 4.30. The second kappa shape index (κ2) is 6.54. The molecule has 0 radical (unpaired) electrons. The Morgan fingerprint density at radius 3 is 2.57 bits per heavy atom. The summed E-state index contributed by atoms with van der Waals surface area (Å²) in [7, 11) is 1.54. The van der Waals surface area contributed by atoms with E-state index in [4.69, 9.17) is 16.3 Å². The number of nitrogens with zero attached hydrogens (tertiary/aromatic N) is 2. The van der Waals surface area contributed by atoms with Crippen LogP contribution in [0.15, 0.2) is 60.9 Å². The molecule has 1 N–H and O–H groups in total. The number of carbonyl (C=O) groups is 1. The van der Waals surface area contributed by atoms with Gasteiger partial charge in [0.1, 0.15) is 5.75 Å². The fourth-order valence-electron chi connectivity index (χ4n) is 2.17. The summed E-state index contributed by atoms with van der Waals surface area (Å²) in [5.74, 6) is 0.310. The number of carbonyl (C=O) groups excluding carboxylic acids is 1. The summed E-state index contributed by atoms with van der Waals surface area (Å²) in [6, 6.07) is 14.4. The van der Waals surface area contributed by atoms with Crippen molar-refractivity contribution in [3.63, 3.8) is 0 Å². The molecule has 0 aliphatic heterocycles. The van der Waals surface area contributed by atoms with E-state index in [0.717, 1.165) is 5.69 Å². The van der Waals surface area contributed by atoms with Gasteiger partial charge < -0.3 is 10.1 Å². The van der Waals surface area contributed by atoms with Gasteiger partial charge in [0, 0.05) is 11.9 Å². The molecule has 6 heteroatoms. The smallest absolute Gasteiger partial charge is 0.259 e. The lowest BCUT2D eigenvalue weighted by Gasteiger charge is -2.09. The van der Waals surface area contributed by atoms with Crippen LogP contribution in [0.25, 0.3) is 5.69 Å². The SMILES string of the molecule is COc1ccccc1C(=O)Nc1ccc(-n2cc(Cl)cn2)cc1. The minimum Gasteiger partial charge on any atom is -0.496 e. The van der Waals surface area contributed by atoms with Gasteiger partial charge in [-0.05, 0) is 36.4 Å². The highest BCUT2D eigenvalue weighted by Crippen LogP contribution is 2.20. The predicted molar refractivity (Wildman–Crippen MR) is 89.5 cm³/mol.